The quantitative estimate of drug-likeness (QED) is 0.522. The van der Waals surface area contributed by atoms with Crippen molar-refractivity contribution in [2.75, 3.05) is 6.54 Å². The van der Waals surface area contributed by atoms with Crippen molar-refractivity contribution >= 4 is 5.91 Å². The van der Waals surface area contributed by atoms with Gasteiger partial charge in [0.05, 0.1) is 11.9 Å². The van der Waals surface area contributed by atoms with Crippen LogP contribution < -0.4 is 11.1 Å². The second kappa shape index (κ2) is 8.39. The van der Waals surface area contributed by atoms with Gasteiger partial charge in [0.2, 0.25) is 11.8 Å². The van der Waals surface area contributed by atoms with E-state index in [2.05, 4.69) is 15.5 Å². The Kier molecular flexibility index (Phi) is 5.33. The third-order valence-corrected chi connectivity index (χ3v) is 4.31. The van der Waals surface area contributed by atoms with E-state index in [0.717, 1.165) is 15.9 Å². The maximum atomic E-state index is 12.2. The van der Waals surface area contributed by atoms with Crippen molar-refractivity contribution in [3.63, 3.8) is 0 Å². The fraction of sp³-hybridized carbons (Fsp3) is 0.143. The van der Waals surface area contributed by atoms with Crippen LogP contribution in [0.5, 0.6) is 0 Å². The summed E-state index contributed by atoms with van der Waals surface area (Å²) < 4.78 is 7.93. The number of benzene rings is 2. The second-order valence-corrected chi connectivity index (χ2v) is 6.43. The van der Waals surface area contributed by atoms with Gasteiger partial charge in [-0.05, 0) is 36.2 Å². The Morgan fingerprint density at radius 3 is 2.52 bits per heavy atom. The standard InChI is InChI=1S/C21H19N5O3/c27-19(15-26-21(28)29-20(24-26)17-7-3-1-4-8-17)22-12-11-16-13-23-25(14-16)18-9-5-2-6-10-18/h1-10,13-14H,11-12,15H2,(H,22,27). The molecule has 0 unspecified atom stereocenters. The lowest BCUT2D eigenvalue weighted by Gasteiger charge is -2.03. The molecule has 0 fully saturated rings. The maximum Gasteiger partial charge on any atom is 0.437 e. The molecule has 0 aliphatic heterocycles. The largest absolute Gasteiger partial charge is 0.437 e. The maximum absolute atomic E-state index is 12.2. The van der Waals surface area contributed by atoms with Crippen molar-refractivity contribution in [3.05, 3.63) is 89.2 Å². The van der Waals surface area contributed by atoms with E-state index in [4.69, 9.17) is 4.42 Å². The zero-order valence-corrected chi connectivity index (χ0v) is 15.6. The highest BCUT2D eigenvalue weighted by molar-refractivity contribution is 5.75. The Labute approximate surface area is 166 Å². The van der Waals surface area contributed by atoms with Crippen molar-refractivity contribution in [1.82, 2.24) is 24.9 Å². The first kappa shape index (κ1) is 18.4. The molecule has 4 aromatic rings. The Hall–Kier alpha value is -3.94. The van der Waals surface area contributed by atoms with Gasteiger partial charge >= 0.3 is 5.76 Å². The molecule has 0 saturated carbocycles. The molecule has 29 heavy (non-hydrogen) atoms. The minimum atomic E-state index is -0.664. The van der Waals surface area contributed by atoms with Crippen LogP contribution in [0.15, 0.2) is 82.3 Å². The highest BCUT2D eigenvalue weighted by Crippen LogP contribution is 2.13. The van der Waals surface area contributed by atoms with E-state index < -0.39 is 5.76 Å². The number of hydrogen-bond donors (Lipinski definition) is 1. The minimum absolute atomic E-state index is 0.191. The third kappa shape index (κ3) is 4.49. The van der Waals surface area contributed by atoms with E-state index in [1.807, 2.05) is 54.7 Å². The van der Waals surface area contributed by atoms with E-state index >= 15 is 0 Å². The summed E-state index contributed by atoms with van der Waals surface area (Å²) in [7, 11) is 0. The first-order chi connectivity index (χ1) is 14.2. The zero-order chi connectivity index (χ0) is 20.1. The van der Waals surface area contributed by atoms with Gasteiger partial charge < -0.3 is 9.73 Å². The molecule has 1 amide bonds. The fourth-order valence-electron chi connectivity index (χ4n) is 2.85. The van der Waals surface area contributed by atoms with Crippen molar-refractivity contribution in [1.29, 1.82) is 0 Å². The number of amides is 1. The van der Waals surface area contributed by atoms with Gasteiger partial charge in [0.15, 0.2) is 0 Å². The SMILES string of the molecule is O=C(Cn1nc(-c2ccccc2)oc1=O)NCCc1cnn(-c2ccccc2)c1. The average molecular weight is 389 g/mol. The smallest absolute Gasteiger partial charge is 0.388 e. The van der Waals surface area contributed by atoms with Crippen LogP contribution in [0.2, 0.25) is 0 Å². The van der Waals surface area contributed by atoms with E-state index in [0.29, 0.717) is 18.5 Å². The summed E-state index contributed by atoms with van der Waals surface area (Å²) in [6.45, 7) is 0.232. The summed E-state index contributed by atoms with van der Waals surface area (Å²) in [6, 6.07) is 18.9. The number of nitrogens with zero attached hydrogens (tertiary/aromatic N) is 4. The number of nitrogens with one attached hydrogen (secondary N) is 1. The Balaban J connectivity index is 1.30. The molecule has 0 aliphatic rings. The molecule has 146 valence electrons. The number of aromatic nitrogens is 4. The molecular formula is C21H19N5O3. The molecule has 0 spiro atoms. The molecule has 0 atom stereocenters. The summed E-state index contributed by atoms with van der Waals surface area (Å²) >= 11 is 0. The molecule has 8 heteroatoms. The van der Waals surface area contributed by atoms with Crippen LogP contribution in [-0.2, 0) is 17.8 Å². The van der Waals surface area contributed by atoms with Gasteiger partial charge in [0.1, 0.15) is 6.54 Å². The molecule has 0 aliphatic carbocycles. The predicted octanol–water partition coefficient (Wildman–Crippen LogP) is 2.05. The molecule has 1 N–H and O–H groups in total. The van der Waals surface area contributed by atoms with Crippen LogP contribution in [-0.4, -0.2) is 32.0 Å². The molecular weight excluding hydrogens is 370 g/mol. The van der Waals surface area contributed by atoms with Crippen LogP contribution in [0.1, 0.15) is 5.56 Å². The predicted molar refractivity (Wildman–Crippen MR) is 106 cm³/mol. The van der Waals surface area contributed by atoms with Crippen molar-refractivity contribution in [2.45, 2.75) is 13.0 Å². The van der Waals surface area contributed by atoms with Crippen molar-refractivity contribution in [2.24, 2.45) is 0 Å². The van der Waals surface area contributed by atoms with Gasteiger partial charge in [0, 0.05) is 18.3 Å². The summed E-state index contributed by atoms with van der Waals surface area (Å²) in [4.78, 5) is 24.1. The molecule has 2 aromatic carbocycles. The lowest BCUT2D eigenvalue weighted by atomic mass is 10.2. The highest BCUT2D eigenvalue weighted by Gasteiger charge is 2.13. The van der Waals surface area contributed by atoms with Crippen LogP contribution >= 0.6 is 0 Å². The van der Waals surface area contributed by atoms with E-state index in [9.17, 15) is 9.59 Å². The number of para-hydroxylation sites is 1. The summed E-state index contributed by atoms with van der Waals surface area (Å²) in [6.07, 6.45) is 4.32. The number of carbonyl (C=O) groups excluding carboxylic acids is 1. The van der Waals surface area contributed by atoms with E-state index in [1.165, 1.54) is 0 Å². The highest BCUT2D eigenvalue weighted by atomic mass is 16.4. The van der Waals surface area contributed by atoms with Crippen LogP contribution in [0.3, 0.4) is 0 Å². The summed E-state index contributed by atoms with van der Waals surface area (Å²) in [5, 5.41) is 11.2. The van der Waals surface area contributed by atoms with Crippen LogP contribution in [0, 0.1) is 0 Å². The Morgan fingerprint density at radius 2 is 1.76 bits per heavy atom. The molecule has 0 saturated heterocycles. The normalized spacial score (nSPS) is 10.8. The lowest BCUT2D eigenvalue weighted by molar-refractivity contribution is -0.121. The Morgan fingerprint density at radius 1 is 1.03 bits per heavy atom. The summed E-state index contributed by atoms with van der Waals surface area (Å²) in [5.74, 6) is -0.782. The summed E-state index contributed by atoms with van der Waals surface area (Å²) in [5.41, 5.74) is 2.65. The second-order valence-electron chi connectivity index (χ2n) is 6.43. The fourth-order valence-corrected chi connectivity index (χ4v) is 2.85. The molecule has 0 bridgehead atoms. The number of hydrogen-bond acceptors (Lipinski definition) is 5. The van der Waals surface area contributed by atoms with Gasteiger partial charge in [-0.15, -0.1) is 5.10 Å². The van der Waals surface area contributed by atoms with Gasteiger partial charge in [-0.3, -0.25) is 4.79 Å². The first-order valence-electron chi connectivity index (χ1n) is 9.18. The van der Waals surface area contributed by atoms with Crippen LogP contribution in [0.4, 0.5) is 0 Å². The van der Waals surface area contributed by atoms with E-state index in [-0.39, 0.29) is 18.3 Å². The zero-order valence-electron chi connectivity index (χ0n) is 15.6. The molecule has 2 heterocycles. The van der Waals surface area contributed by atoms with Gasteiger partial charge in [0.25, 0.3) is 0 Å². The first-order valence-corrected chi connectivity index (χ1v) is 9.18. The lowest BCUT2D eigenvalue weighted by Crippen LogP contribution is -2.32. The van der Waals surface area contributed by atoms with Gasteiger partial charge in [-0.1, -0.05) is 36.4 Å². The average Bonchev–Trinajstić information content (AvgIpc) is 3.36. The van der Waals surface area contributed by atoms with Crippen LogP contribution in [0.25, 0.3) is 17.1 Å². The molecule has 4 rings (SSSR count). The van der Waals surface area contributed by atoms with Crippen molar-refractivity contribution in [3.8, 4) is 17.1 Å². The Bertz CT molecular complexity index is 1150. The number of carbonyl (C=O) groups is 1. The van der Waals surface area contributed by atoms with Gasteiger partial charge in [-0.2, -0.15) is 9.78 Å². The number of rotatable bonds is 7. The minimum Gasteiger partial charge on any atom is -0.388 e. The van der Waals surface area contributed by atoms with Gasteiger partial charge in [-0.25, -0.2) is 9.48 Å². The van der Waals surface area contributed by atoms with Crippen molar-refractivity contribution < 1.29 is 9.21 Å². The molecule has 0 radical (unpaired) electrons. The topological polar surface area (TPSA) is 94.9 Å². The van der Waals surface area contributed by atoms with E-state index in [1.54, 1.807) is 23.0 Å². The third-order valence-electron chi connectivity index (χ3n) is 4.31. The monoisotopic (exact) mass is 389 g/mol. The molecule has 8 nitrogen and oxygen atoms in total. The molecule has 2 aromatic heterocycles.